The average Bonchev–Trinajstić information content (AvgIpc) is 3.24. The van der Waals surface area contributed by atoms with E-state index < -0.39 is 10.0 Å². The number of nitrogens with one attached hydrogen (secondary N) is 2. The first-order valence-electron chi connectivity index (χ1n) is 7.51. The summed E-state index contributed by atoms with van der Waals surface area (Å²) in [7, 11) is -2.00. The predicted molar refractivity (Wildman–Crippen MR) is 93.6 cm³/mol. The second-order valence-electron chi connectivity index (χ2n) is 5.44. The molecule has 132 valence electrons. The van der Waals surface area contributed by atoms with Gasteiger partial charge in [0.2, 0.25) is 10.0 Å². The molecule has 1 aromatic heterocycles. The maximum atomic E-state index is 12.4. The van der Waals surface area contributed by atoms with Gasteiger partial charge in [0.25, 0.3) is 0 Å². The number of nitrogens with zero attached hydrogens (tertiary/aromatic N) is 2. The van der Waals surface area contributed by atoms with E-state index in [0.717, 1.165) is 19.4 Å². The van der Waals surface area contributed by atoms with E-state index in [2.05, 4.69) is 15.1 Å². The molecule has 2 aromatic rings. The minimum Gasteiger partial charge on any atom is -0.494 e. The third-order valence-electron chi connectivity index (χ3n) is 3.88. The van der Waals surface area contributed by atoms with E-state index in [1.165, 1.54) is 17.1 Å². The number of para-hydroxylation sites is 2. The van der Waals surface area contributed by atoms with Crippen LogP contribution >= 0.6 is 12.4 Å². The van der Waals surface area contributed by atoms with Crippen molar-refractivity contribution in [1.29, 1.82) is 0 Å². The Morgan fingerprint density at radius 1 is 1.42 bits per heavy atom. The van der Waals surface area contributed by atoms with E-state index in [1.807, 2.05) is 18.2 Å². The molecule has 0 spiro atoms. The topological polar surface area (TPSA) is 85.2 Å². The molecule has 0 saturated carbocycles. The Morgan fingerprint density at radius 2 is 2.21 bits per heavy atom. The Bertz CT molecular complexity index is 773. The van der Waals surface area contributed by atoms with Gasteiger partial charge in [-0.3, -0.25) is 0 Å². The first-order valence-corrected chi connectivity index (χ1v) is 8.99. The summed E-state index contributed by atoms with van der Waals surface area (Å²) in [5.74, 6) is 0.627. The smallest absolute Gasteiger partial charge is 0.243 e. The lowest BCUT2D eigenvalue weighted by Gasteiger charge is -2.11. The van der Waals surface area contributed by atoms with Gasteiger partial charge in [-0.1, -0.05) is 12.1 Å². The summed E-state index contributed by atoms with van der Waals surface area (Å²) in [6.07, 6.45) is 4.90. The maximum absolute atomic E-state index is 12.4. The summed E-state index contributed by atoms with van der Waals surface area (Å²) in [5.41, 5.74) is 0.689. The molecule has 3 rings (SSSR count). The Balaban J connectivity index is 0.00000208. The van der Waals surface area contributed by atoms with Gasteiger partial charge in [0.15, 0.2) is 0 Å². The minimum absolute atomic E-state index is 0. The molecular formula is C15H21ClN4O3S. The van der Waals surface area contributed by atoms with Crippen molar-refractivity contribution in [3.63, 3.8) is 0 Å². The number of methoxy groups -OCH3 is 1. The molecule has 0 aliphatic carbocycles. The maximum Gasteiger partial charge on any atom is 0.243 e. The van der Waals surface area contributed by atoms with Crippen molar-refractivity contribution < 1.29 is 13.2 Å². The highest BCUT2D eigenvalue weighted by molar-refractivity contribution is 7.89. The largest absolute Gasteiger partial charge is 0.494 e. The summed E-state index contributed by atoms with van der Waals surface area (Å²) in [4.78, 5) is 0.140. The summed E-state index contributed by atoms with van der Waals surface area (Å²) in [6, 6.07) is 7.51. The molecule has 1 aliphatic rings. The van der Waals surface area contributed by atoms with Crippen LogP contribution in [-0.2, 0) is 10.0 Å². The van der Waals surface area contributed by atoms with E-state index in [0.29, 0.717) is 18.0 Å². The molecule has 1 atom stereocenters. The van der Waals surface area contributed by atoms with Gasteiger partial charge in [-0.15, -0.1) is 12.4 Å². The Labute approximate surface area is 147 Å². The van der Waals surface area contributed by atoms with Crippen molar-refractivity contribution in [3.8, 4) is 11.4 Å². The van der Waals surface area contributed by atoms with Crippen LogP contribution in [0.15, 0.2) is 41.6 Å². The minimum atomic E-state index is -3.57. The quantitative estimate of drug-likeness (QED) is 0.799. The van der Waals surface area contributed by atoms with Crippen LogP contribution in [0.5, 0.6) is 5.75 Å². The predicted octanol–water partition coefficient (Wildman–Crippen LogP) is 1.33. The zero-order chi connectivity index (χ0) is 16.3. The average molecular weight is 373 g/mol. The third-order valence-corrected chi connectivity index (χ3v) is 5.26. The van der Waals surface area contributed by atoms with Gasteiger partial charge in [0.05, 0.1) is 19.5 Å². The lowest BCUT2D eigenvalue weighted by Crippen LogP contribution is -2.37. The van der Waals surface area contributed by atoms with Gasteiger partial charge >= 0.3 is 0 Å². The highest BCUT2D eigenvalue weighted by Gasteiger charge is 2.21. The fraction of sp³-hybridized carbons (Fsp3) is 0.400. The second-order valence-corrected chi connectivity index (χ2v) is 7.20. The van der Waals surface area contributed by atoms with Crippen molar-refractivity contribution in [1.82, 2.24) is 19.8 Å². The van der Waals surface area contributed by atoms with E-state index in [-0.39, 0.29) is 23.3 Å². The monoisotopic (exact) mass is 372 g/mol. The number of benzene rings is 1. The molecule has 24 heavy (non-hydrogen) atoms. The molecule has 1 saturated heterocycles. The van der Waals surface area contributed by atoms with Crippen LogP contribution in [0.4, 0.5) is 0 Å². The number of halogens is 1. The molecule has 9 heteroatoms. The number of aromatic nitrogens is 2. The molecule has 1 aliphatic heterocycles. The van der Waals surface area contributed by atoms with Crippen molar-refractivity contribution in [2.45, 2.75) is 23.8 Å². The Hall–Kier alpha value is -1.61. The van der Waals surface area contributed by atoms with Crippen molar-refractivity contribution in [2.75, 3.05) is 20.2 Å². The SMILES string of the molecule is COc1ccccc1-n1cc(S(=O)(=O)NCC2CCCN2)cn1.Cl. The number of hydrogen-bond donors (Lipinski definition) is 2. The standard InChI is InChI=1S/C15H20N4O3S.ClH/c1-22-15-7-3-2-6-14(15)19-11-13(10-17-19)23(20,21)18-9-12-5-4-8-16-12;/h2-3,6-7,10-12,16,18H,4-5,8-9H2,1H3;1H. The lowest BCUT2D eigenvalue weighted by molar-refractivity contribution is 0.411. The van der Waals surface area contributed by atoms with Gasteiger partial charge in [-0.25, -0.2) is 17.8 Å². The highest BCUT2D eigenvalue weighted by Crippen LogP contribution is 2.22. The van der Waals surface area contributed by atoms with E-state index in [4.69, 9.17) is 4.74 Å². The fourth-order valence-electron chi connectivity index (χ4n) is 2.62. The fourth-order valence-corrected chi connectivity index (χ4v) is 3.63. The van der Waals surface area contributed by atoms with Crippen LogP contribution in [0.1, 0.15) is 12.8 Å². The van der Waals surface area contributed by atoms with Crippen molar-refractivity contribution in [3.05, 3.63) is 36.7 Å². The molecule has 1 unspecified atom stereocenters. The van der Waals surface area contributed by atoms with Crippen molar-refractivity contribution >= 4 is 22.4 Å². The third kappa shape index (κ3) is 4.07. The molecule has 1 fully saturated rings. The second kappa shape index (κ2) is 7.98. The summed E-state index contributed by atoms with van der Waals surface area (Å²) in [5, 5.41) is 7.41. The molecule has 2 heterocycles. The van der Waals surface area contributed by atoms with E-state index in [9.17, 15) is 8.42 Å². The van der Waals surface area contributed by atoms with Crippen LogP contribution in [-0.4, -0.2) is 44.4 Å². The van der Waals surface area contributed by atoms with Gasteiger partial charge in [0, 0.05) is 12.6 Å². The molecule has 2 N–H and O–H groups in total. The number of hydrogen-bond acceptors (Lipinski definition) is 5. The molecule has 7 nitrogen and oxygen atoms in total. The zero-order valence-corrected chi connectivity index (χ0v) is 14.9. The molecule has 0 bridgehead atoms. The molecular weight excluding hydrogens is 352 g/mol. The number of rotatable bonds is 6. The van der Waals surface area contributed by atoms with E-state index >= 15 is 0 Å². The summed E-state index contributed by atoms with van der Waals surface area (Å²) in [6.45, 7) is 1.33. The van der Waals surface area contributed by atoms with Crippen LogP contribution < -0.4 is 14.8 Å². The number of sulfonamides is 1. The van der Waals surface area contributed by atoms with Crippen molar-refractivity contribution in [2.24, 2.45) is 0 Å². The zero-order valence-electron chi connectivity index (χ0n) is 13.3. The highest BCUT2D eigenvalue weighted by atomic mass is 35.5. The van der Waals surface area contributed by atoms with Gasteiger partial charge < -0.3 is 10.1 Å². The summed E-state index contributed by atoms with van der Waals surface area (Å²) >= 11 is 0. The lowest BCUT2D eigenvalue weighted by atomic mass is 10.2. The summed E-state index contributed by atoms with van der Waals surface area (Å²) < 4.78 is 34.1. The van der Waals surface area contributed by atoms with Crippen LogP contribution in [0.25, 0.3) is 5.69 Å². The van der Waals surface area contributed by atoms with Gasteiger partial charge in [-0.05, 0) is 31.5 Å². The first-order chi connectivity index (χ1) is 11.1. The Morgan fingerprint density at radius 3 is 2.92 bits per heavy atom. The number of ether oxygens (including phenoxy) is 1. The van der Waals surface area contributed by atoms with Gasteiger partial charge in [0.1, 0.15) is 16.3 Å². The van der Waals surface area contributed by atoms with Gasteiger partial charge in [-0.2, -0.15) is 5.10 Å². The van der Waals surface area contributed by atoms with Crippen LogP contribution in [0, 0.1) is 0 Å². The van der Waals surface area contributed by atoms with E-state index in [1.54, 1.807) is 13.2 Å². The molecule has 0 amide bonds. The Kier molecular flexibility index (Phi) is 6.22. The van der Waals surface area contributed by atoms with Crippen LogP contribution in [0.3, 0.4) is 0 Å². The normalized spacial score (nSPS) is 17.5. The molecule has 1 aromatic carbocycles. The van der Waals surface area contributed by atoms with Crippen LogP contribution in [0.2, 0.25) is 0 Å². The molecule has 0 radical (unpaired) electrons. The first kappa shape index (κ1) is 18.7.